The Hall–Kier alpha value is -1.06. The molecule has 0 amide bonds. The fourth-order valence-electron chi connectivity index (χ4n) is 3.62. The number of ether oxygens (including phenoxy) is 1. The Kier molecular flexibility index (Phi) is 4.27. The topological polar surface area (TPSA) is 49.7 Å². The molecule has 0 bridgehead atoms. The van der Waals surface area contributed by atoms with Crippen LogP contribution >= 0.6 is 0 Å². The SMILES string of the molecule is OC(COc1cccc2c1CCC2O)CC1CCCC1. The predicted octanol–water partition coefficient (Wildman–Crippen LogP) is 2.99. The van der Waals surface area contributed by atoms with Crippen molar-refractivity contribution in [2.45, 2.75) is 57.2 Å². The van der Waals surface area contributed by atoms with Gasteiger partial charge in [-0.2, -0.15) is 0 Å². The van der Waals surface area contributed by atoms with Crippen LogP contribution in [0.1, 0.15) is 55.8 Å². The third-order valence-electron chi connectivity index (χ3n) is 4.71. The highest BCUT2D eigenvalue weighted by Crippen LogP contribution is 2.37. The molecule has 2 N–H and O–H groups in total. The van der Waals surface area contributed by atoms with Gasteiger partial charge < -0.3 is 14.9 Å². The third-order valence-corrected chi connectivity index (χ3v) is 4.71. The van der Waals surface area contributed by atoms with E-state index >= 15 is 0 Å². The van der Waals surface area contributed by atoms with Gasteiger partial charge >= 0.3 is 0 Å². The molecule has 3 rings (SSSR count). The van der Waals surface area contributed by atoms with Crippen LogP contribution in [0.3, 0.4) is 0 Å². The number of fused-ring (bicyclic) bond motifs is 1. The second-order valence-corrected chi connectivity index (χ2v) is 6.23. The maximum atomic E-state index is 10.1. The van der Waals surface area contributed by atoms with Gasteiger partial charge in [0.05, 0.1) is 12.2 Å². The monoisotopic (exact) mass is 276 g/mol. The van der Waals surface area contributed by atoms with Gasteiger partial charge in [-0.05, 0) is 36.8 Å². The number of hydrogen-bond acceptors (Lipinski definition) is 3. The van der Waals surface area contributed by atoms with E-state index in [1.165, 1.54) is 25.7 Å². The van der Waals surface area contributed by atoms with Gasteiger partial charge in [0.1, 0.15) is 12.4 Å². The molecule has 20 heavy (non-hydrogen) atoms. The minimum Gasteiger partial charge on any atom is -0.491 e. The van der Waals surface area contributed by atoms with Gasteiger partial charge in [0, 0.05) is 5.56 Å². The van der Waals surface area contributed by atoms with Gasteiger partial charge in [-0.3, -0.25) is 0 Å². The summed E-state index contributed by atoms with van der Waals surface area (Å²) in [6.45, 7) is 0.364. The minimum absolute atomic E-state index is 0.350. The van der Waals surface area contributed by atoms with Crippen LogP contribution in [0.4, 0.5) is 0 Å². The predicted molar refractivity (Wildman–Crippen MR) is 77.8 cm³/mol. The number of benzene rings is 1. The number of hydrogen-bond donors (Lipinski definition) is 2. The Morgan fingerprint density at radius 3 is 2.80 bits per heavy atom. The Labute approximate surface area is 120 Å². The number of aliphatic hydroxyl groups excluding tert-OH is 2. The zero-order valence-corrected chi connectivity index (χ0v) is 11.9. The van der Waals surface area contributed by atoms with Crippen LogP contribution in [0.5, 0.6) is 5.75 Å². The maximum Gasteiger partial charge on any atom is 0.122 e. The lowest BCUT2D eigenvalue weighted by Gasteiger charge is -2.17. The van der Waals surface area contributed by atoms with Crippen LogP contribution in [0.25, 0.3) is 0 Å². The third kappa shape index (κ3) is 2.99. The summed E-state index contributed by atoms with van der Waals surface area (Å²) in [4.78, 5) is 0. The van der Waals surface area contributed by atoms with E-state index in [4.69, 9.17) is 4.74 Å². The summed E-state index contributed by atoms with van der Waals surface area (Å²) >= 11 is 0. The smallest absolute Gasteiger partial charge is 0.122 e. The maximum absolute atomic E-state index is 10.1. The highest BCUT2D eigenvalue weighted by Gasteiger charge is 2.24. The first-order valence-corrected chi connectivity index (χ1v) is 7.84. The Morgan fingerprint density at radius 2 is 2.00 bits per heavy atom. The summed E-state index contributed by atoms with van der Waals surface area (Å²) in [5.74, 6) is 1.52. The average molecular weight is 276 g/mol. The van der Waals surface area contributed by atoms with Crippen LogP contribution in [0.15, 0.2) is 18.2 Å². The van der Waals surface area contributed by atoms with E-state index in [9.17, 15) is 10.2 Å². The van der Waals surface area contributed by atoms with E-state index in [0.29, 0.717) is 12.5 Å². The van der Waals surface area contributed by atoms with Crippen molar-refractivity contribution in [1.29, 1.82) is 0 Å². The lowest BCUT2D eigenvalue weighted by molar-refractivity contribution is 0.0851. The summed E-state index contributed by atoms with van der Waals surface area (Å²) in [7, 11) is 0. The summed E-state index contributed by atoms with van der Waals surface area (Å²) in [6.07, 6.45) is 6.90. The minimum atomic E-state index is -0.375. The highest BCUT2D eigenvalue weighted by molar-refractivity contribution is 5.44. The molecule has 0 saturated heterocycles. The van der Waals surface area contributed by atoms with Crippen molar-refractivity contribution in [3.8, 4) is 5.75 Å². The normalized spacial score (nSPS) is 23.8. The second-order valence-electron chi connectivity index (χ2n) is 6.23. The zero-order chi connectivity index (χ0) is 13.9. The molecule has 3 heteroatoms. The van der Waals surface area contributed by atoms with Gasteiger partial charge in [0.2, 0.25) is 0 Å². The molecule has 2 atom stereocenters. The zero-order valence-electron chi connectivity index (χ0n) is 11.9. The molecule has 1 saturated carbocycles. The van der Waals surface area contributed by atoms with E-state index in [2.05, 4.69) is 0 Å². The van der Waals surface area contributed by atoms with Crippen LogP contribution in [0, 0.1) is 5.92 Å². The van der Waals surface area contributed by atoms with Gasteiger partial charge in [0.15, 0.2) is 0 Å². The number of rotatable bonds is 5. The van der Waals surface area contributed by atoms with Crippen LogP contribution in [0.2, 0.25) is 0 Å². The molecule has 0 aliphatic heterocycles. The van der Waals surface area contributed by atoms with Crippen LogP contribution < -0.4 is 4.74 Å². The summed E-state index contributed by atoms with van der Waals surface area (Å²) < 4.78 is 5.81. The van der Waals surface area contributed by atoms with E-state index in [-0.39, 0.29) is 12.2 Å². The molecule has 1 aromatic rings. The molecule has 110 valence electrons. The van der Waals surface area contributed by atoms with E-state index < -0.39 is 0 Å². The molecule has 3 nitrogen and oxygen atoms in total. The standard InChI is InChI=1S/C17H24O3/c18-13(10-12-4-1-2-5-12)11-20-17-7-3-6-14-15(17)8-9-16(14)19/h3,6-7,12-13,16,18-19H,1-2,4-5,8-11H2. The Morgan fingerprint density at radius 1 is 1.20 bits per heavy atom. The fourth-order valence-corrected chi connectivity index (χ4v) is 3.62. The average Bonchev–Trinajstić information content (AvgIpc) is 3.07. The molecule has 1 aromatic carbocycles. The van der Waals surface area contributed by atoms with Gasteiger partial charge in [-0.25, -0.2) is 0 Å². The lowest BCUT2D eigenvalue weighted by Crippen LogP contribution is -2.20. The fraction of sp³-hybridized carbons (Fsp3) is 0.647. The molecule has 0 radical (unpaired) electrons. The molecule has 2 aliphatic rings. The van der Waals surface area contributed by atoms with Crippen molar-refractivity contribution in [3.05, 3.63) is 29.3 Å². The first-order valence-electron chi connectivity index (χ1n) is 7.84. The molecular weight excluding hydrogens is 252 g/mol. The molecule has 0 aromatic heterocycles. The summed E-state index contributed by atoms with van der Waals surface area (Å²) in [5, 5.41) is 20.0. The molecule has 1 fully saturated rings. The lowest BCUT2D eigenvalue weighted by atomic mass is 10.0. The van der Waals surface area contributed by atoms with Crippen molar-refractivity contribution < 1.29 is 14.9 Å². The summed E-state index contributed by atoms with van der Waals surface area (Å²) in [6, 6.07) is 5.83. The van der Waals surface area contributed by atoms with E-state index in [1.54, 1.807) is 0 Å². The molecule has 2 aliphatic carbocycles. The number of aliphatic hydroxyl groups is 2. The van der Waals surface area contributed by atoms with Crippen molar-refractivity contribution in [2.24, 2.45) is 5.92 Å². The van der Waals surface area contributed by atoms with Gasteiger partial charge in [-0.1, -0.05) is 37.8 Å². The summed E-state index contributed by atoms with van der Waals surface area (Å²) in [5.41, 5.74) is 2.11. The first kappa shape index (κ1) is 13.9. The van der Waals surface area contributed by atoms with E-state index in [0.717, 1.165) is 36.1 Å². The van der Waals surface area contributed by atoms with Gasteiger partial charge in [0.25, 0.3) is 0 Å². The highest BCUT2D eigenvalue weighted by atomic mass is 16.5. The van der Waals surface area contributed by atoms with Gasteiger partial charge in [-0.15, -0.1) is 0 Å². The van der Waals surface area contributed by atoms with Crippen molar-refractivity contribution >= 4 is 0 Å². The van der Waals surface area contributed by atoms with Crippen molar-refractivity contribution in [2.75, 3.05) is 6.61 Å². The Bertz CT molecular complexity index is 452. The molecule has 0 spiro atoms. The van der Waals surface area contributed by atoms with Crippen molar-refractivity contribution in [3.63, 3.8) is 0 Å². The Balaban J connectivity index is 1.56. The quantitative estimate of drug-likeness (QED) is 0.869. The molecule has 2 unspecified atom stereocenters. The molecular formula is C17H24O3. The molecule has 0 heterocycles. The first-order chi connectivity index (χ1) is 9.74. The second kappa shape index (κ2) is 6.15. The van der Waals surface area contributed by atoms with Crippen LogP contribution in [-0.2, 0) is 6.42 Å². The van der Waals surface area contributed by atoms with E-state index in [1.807, 2.05) is 18.2 Å². The van der Waals surface area contributed by atoms with Crippen molar-refractivity contribution in [1.82, 2.24) is 0 Å². The largest absolute Gasteiger partial charge is 0.491 e. The van der Waals surface area contributed by atoms with Crippen LogP contribution in [-0.4, -0.2) is 22.9 Å².